The Morgan fingerprint density at radius 3 is 2.42 bits per heavy atom. The van der Waals surface area contributed by atoms with E-state index >= 15 is 0 Å². The van der Waals surface area contributed by atoms with Crippen LogP contribution >= 0.6 is 0 Å². The van der Waals surface area contributed by atoms with Crippen LogP contribution in [0.3, 0.4) is 0 Å². The van der Waals surface area contributed by atoms with Crippen LogP contribution in [0.2, 0.25) is 0 Å². The van der Waals surface area contributed by atoms with Gasteiger partial charge in [-0.1, -0.05) is 32.0 Å². The maximum Gasteiger partial charge on any atom is 0.227 e. The summed E-state index contributed by atoms with van der Waals surface area (Å²) in [5.74, 6) is 0.872. The molecule has 1 heterocycles. The minimum absolute atomic E-state index is 0.0271. The SMILES string of the molecule is CCC(=O)N(CCOC)Cc1c(CC)nn(-c2ccc(F)cc2)c1Oc1ccccc1. The van der Waals surface area contributed by atoms with E-state index in [1.165, 1.54) is 12.1 Å². The average Bonchev–Trinajstić information content (AvgIpc) is 3.14. The van der Waals surface area contributed by atoms with E-state index in [-0.39, 0.29) is 11.7 Å². The van der Waals surface area contributed by atoms with Crippen LogP contribution in [-0.4, -0.2) is 40.8 Å². The van der Waals surface area contributed by atoms with Gasteiger partial charge in [0.2, 0.25) is 11.8 Å². The van der Waals surface area contributed by atoms with Gasteiger partial charge in [0.25, 0.3) is 0 Å². The molecule has 0 radical (unpaired) electrons. The Labute approximate surface area is 182 Å². The van der Waals surface area contributed by atoms with Crippen LogP contribution in [0.1, 0.15) is 31.5 Å². The van der Waals surface area contributed by atoms with Crippen molar-refractivity contribution in [1.82, 2.24) is 14.7 Å². The Kier molecular flexibility index (Phi) is 7.78. The first-order valence-corrected chi connectivity index (χ1v) is 10.4. The van der Waals surface area contributed by atoms with E-state index in [1.807, 2.05) is 44.2 Å². The van der Waals surface area contributed by atoms with E-state index in [1.54, 1.807) is 28.8 Å². The van der Waals surface area contributed by atoms with Crippen LogP contribution < -0.4 is 4.74 Å². The highest BCUT2D eigenvalue weighted by Crippen LogP contribution is 2.32. The molecule has 0 aliphatic rings. The molecule has 7 heteroatoms. The standard InChI is InChI=1S/C24H28FN3O3/c1-4-22-21(17-27(15-16-30-3)23(29)5-2)24(31-20-9-7-6-8-10-20)28(26-22)19-13-11-18(25)12-14-19/h6-14H,4-5,15-17H2,1-3H3. The highest BCUT2D eigenvalue weighted by molar-refractivity contribution is 5.76. The number of aryl methyl sites for hydroxylation is 1. The molecule has 0 atom stereocenters. The van der Waals surface area contributed by atoms with Gasteiger partial charge in [-0.3, -0.25) is 4.79 Å². The van der Waals surface area contributed by atoms with E-state index in [9.17, 15) is 9.18 Å². The maximum absolute atomic E-state index is 13.5. The Balaban J connectivity index is 2.08. The van der Waals surface area contributed by atoms with Crippen LogP contribution in [0, 0.1) is 5.82 Å². The van der Waals surface area contributed by atoms with Crippen molar-refractivity contribution in [1.29, 1.82) is 0 Å². The molecule has 0 bridgehead atoms. The summed E-state index contributed by atoms with van der Waals surface area (Å²) in [4.78, 5) is 14.3. The molecule has 1 amide bonds. The third kappa shape index (κ3) is 5.49. The molecule has 1 aromatic heterocycles. The van der Waals surface area contributed by atoms with Gasteiger partial charge < -0.3 is 14.4 Å². The van der Waals surface area contributed by atoms with Gasteiger partial charge in [0, 0.05) is 20.1 Å². The first-order valence-electron chi connectivity index (χ1n) is 10.4. The van der Waals surface area contributed by atoms with Gasteiger partial charge in [0.05, 0.1) is 30.1 Å². The van der Waals surface area contributed by atoms with Gasteiger partial charge in [-0.05, 0) is 42.8 Å². The number of para-hydroxylation sites is 1. The van der Waals surface area contributed by atoms with E-state index in [4.69, 9.17) is 14.6 Å². The number of nitrogens with zero attached hydrogens (tertiary/aromatic N) is 3. The number of amides is 1. The lowest BCUT2D eigenvalue weighted by Crippen LogP contribution is -2.33. The van der Waals surface area contributed by atoms with Crippen molar-refractivity contribution in [2.75, 3.05) is 20.3 Å². The summed E-state index contributed by atoms with van der Waals surface area (Å²) in [5.41, 5.74) is 2.33. The molecule has 0 aliphatic carbocycles. The summed E-state index contributed by atoms with van der Waals surface area (Å²) in [6.45, 7) is 5.11. The van der Waals surface area contributed by atoms with Crippen molar-refractivity contribution in [2.45, 2.75) is 33.2 Å². The highest BCUT2D eigenvalue weighted by Gasteiger charge is 2.24. The summed E-state index contributed by atoms with van der Waals surface area (Å²) in [5, 5.41) is 4.74. The summed E-state index contributed by atoms with van der Waals surface area (Å²) in [6.07, 6.45) is 1.05. The fourth-order valence-electron chi connectivity index (χ4n) is 3.29. The first-order chi connectivity index (χ1) is 15.1. The van der Waals surface area contributed by atoms with E-state index in [0.717, 1.165) is 11.3 Å². The number of aromatic nitrogens is 2. The summed E-state index contributed by atoms with van der Waals surface area (Å²) in [7, 11) is 1.61. The zero-order valence-electron chi connectivity index (χ0n) is 18.2. The molecule has 0 saturated heterocycles. The van der Waals surface area contributed by atoms with E-state index < -0.39 is 0 Å². The highest BCUT2D eigenvalue weighted by atomic mass is 19.1. The Hall–Kier alpha value is -3.19. The smallest absolute Gasteiger partial charge is 0.227 e. The fourth-order valence-corrected chi connectivity index (χ4v) is 3.29. The number of carbonyl (C=O) groups excluding carboxylic acids is 1. The predicted molar refractivity (Wildman–Crippen MR) is 117 cm³/mol. The number of halogens is 1. The number of methoxy groups -OCH3 is 1. The predicted octanol–water partition coefficient (Wildman–Crippen LogP) is 4.75. The van der Waals surface area contributed by atoms with Gasteiger partial charge >= 0.3 is 0 Å². The second kappa shape index (κ2) is 10.7. The molecule has 0 N–H and O–H groups in total. The van der Waals surface area contributed by atoms with Crippen molar-refractivity contribution in [3.05, 3.63) is 71.7 Å². The van der Waals surface area contributed by atoms with Crippen LogP contribution in [0.25, 0.3) is 5.69 Å². The number of hydrogen-bond donors (Lipinski definition) is 0. The van der Waals surface area contributed by atoms with Crippen molar-refractivity contribution in [3.8, 4) is 17.3 Å². The normalized spacial score (nSPS) is 10.8. The molecule has 0 saturated carbocycles. The Morgan fingerprint density at radius 1 is 1.10 bits per heavy atom. The molecule has 164 valence electrons. The van der Waals surface area contributed by atoms with Crippen LogP contribution in [0.5, 0.6) is 11.6 Å². The number of carbonyl (C=O) groups is 1. The van der Waals surface area contributed by atoms with E-state index in [0.29, 0.717) is 49.9 Å². The maximum atomic E-state index is 13.5. The Morgan fingerprint density at radius 2 is 1.81 bits per heavy atom. The van der Waals surface area contributed by atoms with Gasteiger partial charge in [0.15, 0.2) is 0 Å². The van der Waals surface area contributed by atoms with Crippen molar-refractivity contribution in [3.63, 3.8) is 0 Å². The first kappa shape index (κ1) is 22.5. The van der Waals surface area contributed by atoms with Gasteiger partial charge in [0.1, 0.15) is 11.6 Å². The number of rotatable bonds is 10. The minimum Gasteiger partial charge on any atom is -0.439 e. The molecular weight excluding hydrogens is 397 g/mol. The van der Waals surface area contributed by atoms with E-state index in [2.05, 4.69) is 0 Å². The second-order valence-corrected chi connectivity index (χ2v) is 7.05. The molecule has 2 aromatic carbocycles. The van der Waals surface area contributed by atoms with Crippen LogP contribution in [-0.2, 0) is 22.5 Å². The molecule has 3 rings (SSSR count). The van der Waals surface area contributed by atoms with Crippen molar-refractivity contribution < 1.29 is 18.7 Å². The van der Waals surface area contributed by atoms with Gasteiger partial charge in [-0.15, -0.1) is 0 Å². The monoisotopic (exact) mass is 425 g/mol. The quantitative estimate of drug-likeness (QED) is 0.470. The molecule has 0 spiro atoms. The van der Waals surface area contributed by atoms with Gasteiger partial charge in [-0.2, -0.15) is 5.10 Å². The number of hydrogen-bond acceptors (Lipinski definition) is 4. The topological polar surface area (TPSA) is 56.6 Å². The molecule has 0 fully saturated rings. The summed E-state index contributed by atoms with van der Waals surface area (Å²) >= 11 is 0. The van der Waals surface area contributed by atoms with Crippen molar-refractivity contribution in [2.24, 2.45) is 0 Å². The van der Waals surface area contributed by atoms with Crippen LogP contribution in [0.4, 0.5) is 4.39 Å². The lowest BCUT2D eigenvalue weighted by Gasteiger charge is -2.22. The molecule has 0 unspecified atom stereocenters. The zero-order chi connectivity index (χ0) is 22.2. The Bertz CT molecular complexity index is 987. The number of ether oxygens (including phenoxy) is 2. The summed E-state index contributed by atoms with van der Waals surface area (Å²) in [6, 6.07) is 15.5. The zero-order valence-corrected chi connectivity index (χ0v) is 18.2. The average molecular weight is 426 g/mol. The lowest BCUT2D eigenvalue weighted by molar-refractivity contribution is -0.132. The summed E-state index contributed by atoms with van der Waals surface area (Å²) < 4.78 is 26.6. The molecule has 3 aromatic rings. The second-order valence-electron chi connectivity index (χ2n) is 7.05. The van der Waals surface area contributed by atoms with Crippen molar-refractivity contribution >= 4 is 5.91 Å². The molecular formula is C24H28FN3O3. The number of benzene rings is 2. The fraction of sp³-hybridized carbons (Fsp3) is 0.333. The van der Waals surface area contributed by atoms with Gasteiger partial charge in [-0.25, -0.2) is 9.07 Å². The molecule has 31 heavy (non-hydrogen) atoms. The minimum atomic E-state index is -0.323. The lowest BCUT2D eigenvalue weighted by atomic mass is 10.1. The molecule has 6 nitrogen and oxygen atoms in total. The molecule has 0 aliphatic heterocycles. The third-order valence-electron chi connectivity index (χ3n) is 4.95. The largest absolute Gasteiger partial charge is 0.439 e. The third-order valence-corrected chi connectivity index (χ3v) is 4.95. The van der Waals surface area contributed by atoms with Crippen LogP contribution in [0.15, 0.2) is 54.6 Å².